The molecule has 0 aliphatic heterocycles. The van der Waals surface area contributed by atoms with Gasteiger partial charge in [0.15, 0.2) is 5.44 Å². The first kappa shape index (κ1) is 8.18. The van der Waals surface area contributed by atoms with Crippen LogP contribution >= 0.6 is 15.4 Å². The predicted octanol–water partition coefficient (Wildman–Crippen LogP) is 0.611. The quantitative estimate of drug-likeness (QED) is 0.694. The summed E-state index contributed by atoms with van der Waals surface area (Å²) in [6.45, 7) is 0. The lowest BCUT2D eigenvalue weighted by Gasteiger charge is -1.78. The van der Waals surface area contributed by atoms with Crippen molar-refractivity contribution in [2.45, 2.75) is 0 Å². The van der Waals surface area contributed by atoms with Gasteiger partial charge in [0.2, 0.25) is 0 Å². The number of hydrogen-bond donors (Lipinski definition) is 1. The van der Waals surface area contributed by atoms with Crippen molar-refractivity contribution in [3.05, 3.63) is 12.3 Å². The fourth-order valence-electron chi connectivity index (χ4n) is 0.646. The molecular weight excluding hydrogens is 188 g/mol. The number of nitrogens with one attached hydrogen (secondary N) is 1. The second-order valence-corrected chi connectivity index (χ2v) is 3.68. The summed E-state index contributed by atoms with van der Waals surface area (Å²) in [5, 5.41) is -0.184. The molecule has 1 heterocycles. The minimum Gasteiger partial charge on any atom is -0.352 e. The summed E-state index contributed by atoms with van der Waals surface area (Å²) in [7, 11) is -5.68. The Bertz CT molecular complexity index is 347. The van der Waals surface area contributed by atoms with Crippen LogP contribution in [0.15, 0.2) is 12.3 Å². The van der Waals surface area contributed by atoms with Crippen molar-refractivity contribution in [1.82, 2.24) is 4.98 Å². The molecule has 0 amide bonds. The van der Waals surface area contributed by atoms with Crippen LogP contribution < -0.4 is 10.7 Å². The van der Waals surface area contributed by atoms with Crippen molar-refractivity contribution < 1.29 is 18.3 Å². The molecule has 0 saturated carbocycles. The summed E-state index contributed by atoms with van der Waals surface area (Å²) in [5.41, 5.74) is -0.254. The topological polar surface area (TPSA) is 84.1 Å². The molecule has 0 fully saturated rings. The first-order valence-electron chi connectivity index (χ1n) is 2.59. The van der Waals surface area contributed by atoms with E-state index in [9.17, 15) is 18.3 Å². The molecule has 0 spiro atoms. The van der Waals surface area contributed by atoms with Crippen molar-refractivity contribution in [1.29, 1.82) is 0 Å². The molecule has 0 aliphatic rings. The van der Waals surface area contributed by atoms with Crippen molar-refractivity contribution in [2.75, 3.05) is 0 Å². The van der Waals surface area contributed by atoms with Gasteiger partial charge in [-0.25, -0.2) is 18.3 Å². The summed E-state index contributed by atoms with van der Waals surface area (Å²) < 4.78 is 41.3. The van der Waals surface area contributed by atoms with Crippen LogP contribution in [0.25, 0.3) is 0 Å². The molecule has 1 rings (SSSR count). The highest BCUT2D eigenvalue weighted by molar-refractivity contribution is 7.48. The molecule has 1 N–H and O–H groups in total. The van der Waals surface area contributed by atoms with Gasteiger partial charge in [0.05, 0.1) is 0 Å². The van der Waals surface area contributed by atoms with Gasteiger partial charge in [0.1, 0.15) is 5.30 Å². The molecule has 1 aromatic rings. The molecule has 0 saturated heterocycles. The second kappa shape index (κ2) is 2.99. The number of aromatic nitrogens is 1. The monoisotopic (exact) mass is 191 g/mol. The maximum atomic E-state index is 10.3. The molecule has 0 aromatic carbocycles. The zero-order valence-corrected chi connectivity index (χ0v) is 6.97. The first-order valence-corrected chi connectivity index (χ1v) is 4.94. The fraction of sp³-hybridized carbons (Fsp3) is 0. The lowest BCUT2D eigenvalue weighted by molar-refractivity contribution is 0.519. The lowest BCUT2D eigenvalue weighted by atomic mass is 10.7. The standard InChI is InChI=1S/C4H3NO4P2/c6-10(7)3-1-2-5-4(3)11(8)9/h1-2,5H. The van der Waals surface area contributed by atoms with Crippen LogP contribution in [0.1, 0.15) is 0 Å². The predicted molar refractivity (Wildman–Crippen MR) is 36.6 cm³/mol. The number of rotatable bonds is 2. The van der Waals surface area contributed by atoms with E-state index in [1.54, 1.807) is 0 Å². The molecule has 5 nitrogen and oxygen atoms in total. The molecule has 0 atom stereocenters. The van der Waals surface area contributed by atoms with Crippen LogP contribution in [0.3, 0.4) is 0 Å². The molecule has 58 valence electrons. The molecule has 1 aromatic heterocycles. The molecule has 11 heavy (non-hydrogen) atoms. The summed E-state index contributed by atoms with van der Waals surface area (Å²) in [6, 6.07) is 1.20. The van der Waals surface area contributed by atoms with Gasteiger partial charge < -0.3 is 4.98 Å². The SMILES string of the molecule is O=P(=O)c1cc[nH]c1P(=O)=O. The number of H-pyrrole nitrogens is 1. The third-order valence-electron chi connectivity index (χ3n) is 1.08. The molecule has 0 unspecified atom stereocenters. The molecule has 0 radical (unpaired) electrons. The number of hydrogen-bond acceptors (Lipinski definition) is 4. The van der Waals surface area contributed by atoms with Crippen LogP contribution in [0.4, 0.5) is 0 Å². The largest absolute Gasteiger partial charge is 0.366 e. The van der Waals surface area contributed by atoms with Crippen molar-refractivity contribution >= 4 is 26.1 Å². The molecule has 7 heteroatoms. The van der Waals surface area contributed by atoms with Crippen molar-refractivity contribution in [3.8, 4) is 0 Å². The Labute approximate surface area is 62.5 Å². The van der Waals surface area contributed by atoms with E-state index in [2.05, 4.69) is 4.98 Å². The Kier molecular flexibility index (Phi) is 2.22. The Morgan fingerprint density at radius 1 is 1.09 bits per heavy atom. The minimum atomic E-state index is -2.85. The Morgan fingerprint density at radius 3 is 2.09 bits per heavy atom. The minimum absolute atomic E-state index is 0.184. The van der Waals surface area contributed by atoms with E-state index in [-0.39, 0.29) is 10.7 Å². The Balaban J connectivity index is 3.38. The van der Waals surface area contributed by atoms with Gasteiger partial charge in [-0.1, -0.05) is 0 Å². The summed E-state index contributed by atoms with van der Waals surface area (Å²) in [4.78, 5) is 2.31. The normalized spacial score (nSPS) is 9.45. The second-order valence-electron chi connectivity index (χ2n) is 1.73. The van der Waals surface area contributed by atoms with Gasteiger partial charge in [-0.2, -0.15) is 0 Å². The molecular formula is C4H3NO4P2. The van der Waals surface area contributed by atoms with E-state index < -0.39 is 15.4 Å². The van der Waals surface area contributed by atoms with E-state index in [4.69, 9.17) is 0 Å². The van der Waals surface area contributed by atoms with Crippen LogP contribution in [0.2, 0.25) is 0 Å². The maximum Gasteiger partial charge on any atom is 0.366 e. The third kappa shape index (κ3) is 1.56. The zero-order chi connectivity index (χ0) is 8.43. The number of aromatic amines is 1. The van der Waals surface area contributed by atoms with Crippen LogP contribution in [-0.2, 0) is 18.3 Å². The highest BCUT2D eigenvalue weighted by atomic mass is 31.1. The smallest absolute Gasteiger partial charge is 0.352 e. The first-order chi connectivity index (χ1) is 5.13. The average Bonchev–Trinajstić information content (AvgIpc) is 2.32. The third-order valence-corrected chi connectivity index (χ3v) is 2.76. The Hall–Kier alpha value is -0.920. The van der Waals surface area contributed by atoms with Crippen molar-refractivity contribution in [2.24, 2.45) is 0 Å². The van der Waals surface area contributed by atoms with Crippen LogP contribution in [0, 0.1) is 0 Å². The van der Waals surface area contributed by atoms with Crippen molar-refractivity contribution in [3.63, 3.8) is 0 Å². The van der Waals surface area contributed by atoms with E-state index in [1.807, 2.05) is 0 Å². The molecule has 0 bridgehead atoms. The van der Waals surface area contributed by atoms with Crippen LogP contribution in [-0.4, -0.2) is 4.98 Å². The molecule has 0 aliphatic carbocycles. The van der Waals surface area contributed by atoms with E-state index in [0.717, 1.165) is 0 Å². The van der Waals surface area contributed by atoms with Gasteiger partial charge in [0, 0.05) is 6.20 Å². The zero-order valence-electron chi connectivity index (χ0n) is 5.18. The van der Waals surface area contributed by atoms with Gasteiger partial charge in [0.25, 0.3) is 0 Å². The van der Waals surface area contributed by atoms with E-state index >= 15 is 0 Å². The average molecular weight is 191 g/mol. The van der Waals surface area contributed by atoms with Gasteiger partial charge in [-0.3, -0.25) is 0 Å². The maximum absolute atomic E-state index is 10.3. The summed E-state index contributed by atoms with van der Waals surface area (Å²) >= 11 is 0. The Morgan fingerprint density at radius 2 is 1.73 bits per heavy atom. The lowest BCUT2D eigenvalue weighted by Crippen LogP contribution is -2.10. The fourth-order valence-corrected chi connectivity index (χ4v) is 2.01. The summed E-state index contributed by atoms with van der Waals surface area (Å²) in [6.07, 6.45) is 1.26. The van der Waals surface area contributed by atoms with Crippen LogP contribution in [0.5, 0.6) is 0 Å². The summed E-state index contributed by atoms with van der Waals surface area (Å²) in [5.74, 6) is 0. The highest BCUT2D eigenvalue weighted by Crippen LogP contribution is 2.08. The van der Waals surface area contributed by atoms with E-state index in [1.165, 1.54) is 12.3 Å². The van der Waals surface area contributed by atoms with Gasteiger partial charge in [-0.05, 0) is 6.07 Å². The van der Waals surface area contributed by atoms with Gasteiger partial charge in [-0.15, -0.1) is 0 Å². The van der Waals surface area contributed by atoms with E-state index in [0.29, 0.717) is 0 Å². The van der Waals surface area contributed by atoms with Gasteiger partial charge >= 0.3 is 15.4 Å². The highest BCUT2D eigenvalue weighted by Gasteiger charge is 2.11.